The molecule has 0 unspecified atom stereocenters. The van der Waals surface area contributed by atoms with Crippen molar-refractivity contribution in [1.29, 1.82) is 0 Å². The molecule has 3 rings (SSSR count). The zero-order valence-corrected chi connectivity index (χ0v) is 11.8. The van der Waals surface area contributed by atoms with Crippen LogP contribution in [0.2, 0.25) is 0 Å². The summed E-state index contributed by atoms with van der Waals surface area (Å²) in [5.74, 6) is 0.746. The molecule has 2 aromatic heterocycles. The van der Waals surface area contributed by atoms with Crippen molar-refractivity contribution in [3.63, 3.8) is 0 Å². The number of hydrogen-bond acceptors (Lipinski definition) is 4. The second kappa shape index (κ2) is 5.34. The lowest BCUT2D eigenvalue weighted by Crippen LogP contribution is -2.30. The average Bonchev–Trinajstić information content (AvgIpc) is 3.21. The van der Waals surface area contributed by atoms with E-state index in [1.807, 2.05) is 29.0 Å². The summed E-state index contributed by atoms with van der Waals surface area (Å²) in [5, 5.41) is -0.180. The molecule has 0 aliphatic heterocycles. The highest BCUT2D eigenvalue weighted by Crippen LogP contribution is 2.27. The molecular weight excluding hydrogens is 276 g/mol. The number of sulfonamides is 1. The Labute approximate surface area is 117 Å². The van der Waals surface area contributed by atoms with Crippen molar-refractivity contribution in [2.45, 2.75) is 24.6 Å². The van der Waals surface area contributed by atoms with Gasteiger partial charge in [0.05, 0.1) is 5.25 Å². The Balaban J connectivity index is 1.66. The van der Waals surface area contributed by atoms with Gasteiger partial charge in [0.2, 0.25) is 10.0 Å². The van der Waals surface area contributed by atoms with Gasteiger partial charge < -0.3 is 4.57 Å². The SMILES string of the molecule is O=S(=O)(NCCn1ccnc1-c1ccccn1)C1CC1. The first-order valence-corrected chi connectivity index (χ1v) is 8.12. The predicted octanol–water partition coefficient (Wildman–Crippen LogP) is 1.03. The fourth-order valence-corrected chi connectivity index (χ4v) is 3.39. The molecule has 0 bridgehead atoms. The molecule has 2 heterocycles. The largest absolute Gasteiger partial charge is 0.328 e. The Morgan fingerprint density at radius 2 is 2.10 bits per heavy atom. The standard InChI is InChI=1S/C13H16N4O2S/c18-20(19,11-4-5-11)16-8-10-17-9-7-15-13(17)12-3-1-2-6-14-12/h1-3,6-7,9,11,16H,4-5,8,10H2. The highest BCUT2D eigenvalue weighted by molar-refractivity contribution is 7.90. The summed E-state index contributed by atoms with van der Waals surface area (Å²) in [5.41, 5.74) is 0.780. The number of rotatable bonds is 6. The summed E-state index contributed by atoms with van der Waals surface area (Å²) in [4.78, 5) is 8.53. The quantitative estimate of drug-likeness (QED) is 0.862. The minimum absolute atomic E-state index is 0.180. The van der Waals surface area contributed by atoms with Crippen LogP contribution in [0.25, 0.3) is 11.5 Å². The second-order valence-corrected chi connectivity index (χ2v) is 6.84. The zero-order valence-electron chi connectivity index (χ0n) is 10.9. The van der Waals surface area contributed by atoms with Crippen LogP contribution in [0.5, 0.6) is 0 Å². The molecule has 7 heteroatoms. The maximum Gasteiger partial charge on any atom is 0.214 e. The van der Waals surface area contributed by atoms with E-state index in [1.54, 1.807) is 12.4 Å². The minimum Gasteiger partial charge on any atom is -0.328 e. The molecule has 0 aromatic carbocycles. The van der Waals surface area contributed by atoms with Crippen molar-refractivity contribution >= 4 is 10.0 Å². The van der Waals surface area contributed by atoms with Crippen molar-refractivity contribution in [2.75, 3.05) is 6.54 Å². The molecule has 6 nitrogen and oxygen atoms in total. The molecule has 0 radical (unpaired) electrons. The molecular formula is C13H16N4O2S. The van der Waals surface area contributed by atoms with Crippen molar-refractivity contribution in [3.8, 4) is 11.5 Å². The van der Waals surface area contributed by atoms with E-state index in [1.165, 1.54) is 0 Å². The Bertz CT molecular complexity index is 677. The Hall–Kier alpha value is -1.73. The van der Waals surface area contributed by atoms with Crippen molar-refractivity contribution in [3.05, 3.63) is 36.8 Å². The first kappa shape index (κ1) is 13.3. The van der Waals surface area contributed by atoms with Gasteiger partial charge in [-0.25, -0.2) is 18.1 Å². The maximum absolute atomic E-state index is 11.7. The lowest BCUT2D eigenvalue weighted by Gasteiger charge is -2.08. The van der Waals surface area contributed by atoms with E-state index in [-0.39, 0.29) is 5.25 Å². The van der Waals surface area contributed by atoms with Gasteiger partial charge in [-0.05, 0) is 25.0 Å². The predicted molar refractivity (Wildman–Crippen MR) is 75.4 cm³/mol. The van der Waals surface area contributed by atoms with E-state index in [0.717, 1.165) is 24.4 Å². The van der Waals surface area contributed by atoms with Crippen LogP contribution in [0.1, 0.15) is 12.8 Å². The topological polar surface area (TPSA) is 76.9 Å². The molecule has 20 heavy (non-hydrogen) atoms. The lowest BCUT2D eigenvalue weighted by molar-refractivity contribution is 0.572. The average molecular weight is 292 g/mol. The van der Waals surface area contributed by atoms with E-state index in [4.69, 9.17) is 0 Å². The van der Waals surface area contributed by atoms with E-state index < -0.39 is 10.0 Å². The van der Waals surface area contributed by atoms with Gasteiger partial charge in [-0.1, -0.05) is 6.07 Å². The van der Waals surface area contributed by atoms with Gasteiger partial charge in [0, 0.05) is 31.7 Å². The summed E-state index contributed by atoms with van der Waals surface area (Å²) >= 11 is 0. The molecule has 2 aromatic rings. The second-order valence-electron chi connectivity index (χ2n) is 4.80. The first-order valence-electron chi connectivity index (χ1n) is 6.58. The van der Waals surface area contributed by atoms with Gasteiger partial charge in [-0.2, -0.15) is 0 Å². The zero-order chi connectivity index (χ0) is 14.0. The van der Waals surface area contributed by atoms with Crippen LogP contribution in [-0.2, 0) is 16.6 Å². The van der Waals surface area contributed by atoms with Gasteiger partial charge in [0.1, 0.15) is 5.69 Å². The number of pyridine rings is 1. The molecule has 1 fully saturated rings. The lowest BCUT2D eigenvalue weighted by atomic mass is 10.3. The van der Waals surface area contributed by atoms with E-state index in [2.05, 4.69) is 14.7 Å². The molecule has 1 saturated carbocycles. The third kappa shape index (κ3) is 2.88. The van der Waals surface area contributed by atoms with Crippen molar-refractivity contribution in [1.82, 2.24) is 19.3 Å². The molecule has 0 spiro atoms. The smallest absolute Gasteiger partial charge is 0.214 e. The molecule has 1 aliphatic carbocycles. The summed E-state index contributed by atoms with van der Waals surface area (Å²) in [6.07, 6.45) is 6.79. The van der Waals surface area contributed by atoms with Gasteiger partial charge in [-0.3, -0.25) is 4.98 Å². The number of hydrogen-bond donors (Lipinski definition) is 1. The van der Waals surface area contributed by atoms with Crippen LogP contribution < -0.4 is 4.72 Å². The van der Waals surface area contributed by atoms with Gasteiger partial charge in [-0.15, -0.1) is 0 Å². The van der Waals surface area contributed by atoms with E-state index in [0.29, 0.717) is 13.1 Å². The third-order valence-electron chi connectivity index (χ3n) is 3.23. The fraction of sp³-hybridized carbons (Fsp3) is 0.385. The van der Waals surface area contributed by atoms with E-state index >= 15 is 0 Å². The normalized spacial score (nSPS) is 15.4. The van der Waals surface area contributed by atoms with Crippen LogP contribution in [0, 0.1) is 0 Å². The van der Waals surface area contributed by atoms with Gasteiger partial charge in [0.15, 0.2) is 5.82 Å². The molecule has 1 N–H and O–H groups in total. The molecule has 0 amide bonds. The monoisotopic (exact) mass is 292 g/mol. The van der Waals surface area contributed by atoms with Crippen LogP contribution in [0.15, 0.2) is 36.8 Å². The minimum atomic E-state index is -3.12. The van der Waals surface area contributed by atoms with Crippen LogP contribution in [0.4, 0.5) is 0 Å². The number of nitrogens with zero attached hydrogens (tertiary/aromatic N) is 3. The Morgan fingerprint density at radius 1 is 1.25 bits per heavy atom. The summed E-state index contributed by atoms with van der Waals surface area (Å²) in [7, 11) is -3.12. The number of imidazole rings is 1. The van der Waals surface area contributed by atoms with Crippen LogP contribution >= 0.6 is 0 Å². The highest BCUT2D eigenvalue weighted by Gasteiger charge is 2.35. The van der Waals surface area contributed by atoms with Crippen molar-refractivity contribution < 1.29 is 8.42 Å². The van der Waals surface area contributed by atoms with E-state index in [9.17, 15) is 8.42 Å². The molecule has 1 aliphatic rings. The molecule has 0 saturated heterocycles. The molecule has 106 valence electrons. The number of nitrogens with one attached hydrogen (secondary N) is 1. The Morgan fingerprint density at radius 3 is 2.80 bits per heavy atom. The summed E-state index contributed by atoms with van der Waals surface area (Å²) < 4.78 is 28.0. The van der Waals surface area contributed by atoms with Gasteiger partial charge in [0.25, 0.3) is 0 Å². The first-order chi connectivity index (χ1) is 9.67. The Kier molecular flexibility index (Phi) is 3.54. The van der Waals surface area contributed by atoms with Crippen LogP contribution in [-0.4, -0.2) is 34.7 Å². The molecule has 0 atom stereocenters. The number of aromatic nitrogens is 3. The van der Waals surface area contributed by atoms with Gasteiger partial charge >= 0.3 is 0 Å². The summed E-state index contributed by atoms with van der Waals surface area (Å²) in [6, 6.07) is 5.63. The fourth-order valence-electron chi connectivity index (χ4n) is 2.02. The summed E-state index contributed by atoms with van der Waals surface area (Å²) in [6.45, 7) is 0.910. The van der Waals surface area contributed by atoms with Crippen LogP contribution in [0.3, 0.4) is 0 Å². The third-order valence-corrected chi connectivity index (χ3v) is 5.18. The van der Waals surface area contributed by atoms with Crippen molar-refractivity contribution in [2.24, 2.45) is 0 Å². The highest BCUT2D eigenvalue weighted by atomic mass is 32.2. The maximum atomic E-state index is 11.7.